The summed E-state index contributed by atoms with van der Waals surface area (Å²) in [5, 5.41) is 3.38. The third-order valence-corrected chi connectivity index (χ3v) is 7.49. The Bertz CT molecular complexity index is 1450. The molecule has 1 saturated heterocycles. The van der Waals surface area contributed by atoms with Gasteiger partial charge in [0.25, 0.3) is 5.91 Å². The molecule has 2 aliphatic rings. The standard InChI is InChI=1S/C26H25N7O2S/c1-16-10-21(32-8-9-33(23(34)15-32)14-17-2-3-17)20(13-28-16)25(35)31-26-30-24-22(36-26)11-19(12-29-24)18-4-6-27-7-5-18/h4-7,10-13,17H,2-3,8-9,14-15H2,1H3,(H,29,30,31,35). The second-order valence-electron chi connectivity index (χ2n) is 9.30. The number of pyridine rings is 3. The van der Waals surface area contributed by atoms with Crippen LogP contribution >= 0.6 is 11.3 Å². The fourth-order valence-corrected chi connectivity index (χ4v) is 5.30. The van der Waals surface area contributed by atoms with Gasteiger partial charge < -0.3 is 9.80 Å². The Labute approximate surface area is 212 Å². The van der Waals surface area contributed by atoms with Crippen molar-refractivity contribution in [3.63, 3.8) is 0 Å². The zero-order valence-electron chi connectivity index (χ0n) is 19.8. The van der Waals surface area contributed by atoms with E-state index >= 15 is 0 Å². The van der Waals surface area contributed by atoms with Crippen LogP contribution in [0.15, 0.2) is 49.1 Å². The summed E-state index contributed by atoms with van der Waals surface area (Å²) in [5.41, 5.74) is 4.49. The van der Waals surface area contributed by atoms with E-state index in [1.807, 2.05) is 41.0 Å². The van der Waals surface area contributed by atoms with E-state index in [1.54, 1.807) is 24.8 Å². The minimum atomic E-state index is -0.307. The highest BCUT2D eigenvalue weighted by molar-refractivity contribution is 7.22. The fraction of sp³-hybridized carbons (Fsp3) is 0.308. The third kappa shape index (κ3) is 4.64. The largest absolute Gasteiger partial charge is 0.360 e. The normalized spacial score (nSPS) is 16.0. The van der Waals surface area contributed by atoms with Crippen molar-refractivity contribution < 1.29 is 9.59 Å². The molecule has 9 nitrogen and oxygen atoms in total. The van der Waals surface area contributed by atoms with Gasteiger partial charge in [-0.1, -0.05) is 11.3 Å². The molecule has 0 unspecified atom stereocenters. The van der Waals surface area contributed by atoms with Gasteiger partial charge in [-0.25, -0.2) is 4.98 Å². The Balaban J connectivity index is 1.22. The molecule has 2 fully saturated rings. The van der Waals surface area contributed by atoms with Crippen LogP contribution in [0, 0.1) is 12.8 Å². The van der Waals surface area contributed by atoms with Gasteiger partial charge in [-0.2, -0.15) is 4.98 Å². The number of anilines is 2. The van der Waals surface area contributed by atoms with E-state index in [2.05, 4.69) is 25.3 Å². The Kier molecular flexibility index (Phi) is 5.80. The van der Waals surface area contributed by atoms with E-state index in [1.165, 1.54) is 24.2 Å². The van der Waals surface area contributed by atoms with Crippen LogP contribution < -0.4 is 10.2 Å². The molecule has 4 aromatic heterocycles. The van der Waals surface area contributed by atoms with Crippen molar-refractivity contribution in [2.24, 2.45) is 5.92 Å². The first kappa shape index (κ1) is 22.5. The molecule has 4 aromatic rings. The van der Waals surface area contributed by atoms with E-state index in [-0.39, 0.29) is 18.4 Å². The number of hydrogen-bond acceptors (Lipinski definition) is 8. The molecule has 1 aliphatic heterocycles. The molecule has 10 heteroatoms. The average Bonchev–Trinajstić information content (AvgIpc) is 3.62. The lowest BCUT2D eigenvalue weighted by Gasteiger charge is -2.36. The number of aryl methyl sites for hydroxylation is 1. The zero-order chi connectivity index (χ0) is 24.6. The molecule has 1 saturated carbocycles. The van der Waals surface area contributed by atoms with E-state index < -0.39 is 0 Å². The number of piperazine rings is 1. The smallest absolute Gasteiger partial charge is 0.261 e. The van der Waals surface area contributed by atoms with Crippen molar-refractivity contribution in [1.29, 1.82) is 0 Å². The van der Waals surface area contributed by atoms with Crippen LogP contribution in [0.3, 0.4) is 0 Å². The number of nitrogens with one attached hydrogen (secondary N) is 1. The topological polar surface area (TPSA) is 104 Å². The molecular formula is C26H25N7O2S. The third-order valence-electron chi connectivity index (χ3n) is 6.58. The summed E-state index contributed by atoms with van der Waals surface area (Å²) < 4.78 is 0.874. The molecule has 0 atom stereocenters. The first-order valence-corrected chi connectivity index (χ1v) is 12.8. The van der Waals surface area contributed by atoms with Crippen molar-refractivity contribution >= 4 is 44.3 Å². The first-order chi connectivity index (χ1) is 17.5. The molecule has 0 radical (unpaired) electrons. The Morgan fingerprint density at radius 2 is 1.94 bits per heavy atom. The number of aromatic nitrogens is 4. The molecule has 182 valence electrons. The number of amides is 2. The Hall–Kier alpha value is -3.92. The lowest BCUT2D eigenvalue weighted by atomic mass is 10.1. The van der Waals surface area contributed by atoms with Crippen molar-refractivity contribution in [1.82, 2.24) is 24.8 Å². The maximum atomic E-state index is 13.3. The second-order valence-corrected chi connectivity index (χ2v) is 10.3. The summed E-state index contributed by atoms with van der Waals surface area (Å²) in [4.78, 5) is 47.4. The van der Waals surface area contributed by atoms with Crippen LogP contribution in [0.1, 0.15) is 28.9 Å². The summed E-state index contributed by atoms with van der Waals surface area (Å²) in [6.07, 6.45) is 9.26. The second kappa shape index (κ2) is 9.27. The molecule has 0 bridgehead atoms. The highest BCUT2D eigenvalue weighted by Crippen LogP contribution is 2.32. The SMILES string of the molecule is Cc1cc(N2CCN(CC3CC3)C(=O)C2)c(C(=O)Nc2nc3ncc(-c4ccncc4)cc3s2)cn1. The van der Waals surface area contributed by atoms with Gasteiger partial charge in [-0.15, -0.1) is 0 Å². The van der Waals surface area contributed by atoms with E-state index in [4.69, 9.17) is 0 Å². The van der Waals surface area contributed by atoms with E-state index in [9.17, 15) is 9.59 Å². The van der Waals surface area contributed by atoms with Crippen LogP contribution in [0.5, 0.6) is 0 Å². The molecule has 1 aliphatic carbocycles. The van der Waals surface area contributed by atoms with Crippen molar-refractivity contribution in [3.05, 3.63) is 60.3 Å². The highest BCUT2D eigenvalue weighted by Gasteiger charge is 2.31. The maximum absolute atomic E-state index is 13.3. The summed E-state index contributed by atoms with van der Waals surface area (Å²) in [5.74, 6) is 0.462. The predicted octanol–water partition coefficient (Wildman–Crippen LogP) is 3.77. The van der Waals surface area contributed by atoms with Crippen LogP contribution in [0.2, 0.25) is 0 Å². The van der Waals surface area contributed by atoms with Gasteiger partial charge >= 0.3 is 0 Å². The van der Waals surface area contributed by atoms with Crippen LogP contribution in [-0.2, 0) is 4.79 Å². The summed E-state index contributed by atoms with van der Waals surface area (Å²) in [6, 6.07) is 7.74. The number of hydrogen-bond donors (Lipinski definition) is 1. The summed E-state index contributed by atoms with van der Waals surface area (Å²) in [6.45, 7) is 4.35. The highest BCUT2D eigenvalue weighted by atomic mass is 32.1. The molecule has 36 heavy (non-hydrogen) atoms. The summed E-state index contributed by atoms with van der Waals surface area (Å²) >= 11 is 1.37. The minimum Gasteiger partial charge on any atom is -0.360 e. The number of thiazole rings is 1. The quantitative estimate of drug-likeness (QED) is 0.431. The van der Waals surface area contributed by atoms with Crippen molar-refractivity contribution in [2.75, 3.05) is 36.4 Å². The molecular weight excluding hydrogens is 474 g/mol. The zero-order valence-corrected chi connectivity index (χ0v) is 20.7. The average molecular weight is 500 g/mol. The maximum Gasteiger partial charge on any atom is 0.261 e. The van der Waals surface area contributed by atoms with Gasteiger partial charge in [0, 0.05) is 55.7 Å². The Morgan fingerprint density at radius 3 is 2.72 bits per heavy atom. The van der Waals surface area contributed by atoms with Crippen molar-refractivity contribution in [3.8, 4) is 11.1 Å². The predicted molar refractivity (Wildman–Crippen MR) is 139 cm³/mol. The molecule has 0 spiro atoms. The number of carbonyl (C=O) groups excluding carboxylic acids is 2. The number of nitrogens with zero attached hydrogens (tertiary/aromatic N) is 6. The Morgan fingerprint density at radius 1 is 1.11 bits per heavy atom. The minimum absolute atomic E-state index is 0.108. The molecule has 1 N–H and O–H groups in total. The van der Waals surface area contributed by atoms with Gasteiger partial charge in [0.2, 0.25) is 5.91 Å². The fourth-order valence-electron chi connectivity index (χ4n) is 4.44. The summed E-state index contributed by atoms with van der Waals surface area (Å²) in [7, 11) is 0. The molecule has 6 rings (SSSR count). The monoisotopic (exact) mass is 499 g/mol. The molecule has 5 heterocycles. The van der Waals surface area contributed by atoms with Crippen LogP contribution in [-0.4, -0.2) is 62.8 Å². The van der Waals surface area contributed by atoms with Crippen LogP contribution in [0.4, 0.5) is 10.8 Å². The number of rotatable bonds is 6. The van der Waals surface area contributed by atoms with Gasteiger partial charge in [0.1, 0.15) is 0 Å². The first-order valence-electron chi connectivity index (χ1n) is 12.0. The number of carbonyl (C=O) groups is 2. The number of fused-ring (bicyclic) bond motifs is 1. The van der Waals surface area contributed by atoms with Gasteiger partial charge in [0.15, 0.2) is 10.8 Å². The lowest BCUT2D eigenvalue weighted by Crippen LogP contribution is -2.51. The van der Waals surface area contributed by atoms with Crippen molar-refractivity contribution in [2.45, 2.75) is 19.8 Å². The van der Waals surface area contributed by atoms with Crippen LogP contribution in [0.25, 0.3) is 21.5 Å². The molecule has 0 aromatic carbocycles. The van der Waals surface area contributed by atoms with Gasteiger partial charge in [-0.3, -0.25) is 24.9 Å². The van der Waals surface area contributed by atoms with E-state index in [0.717, 1.165) is 33.8 Å². The molecule has 2 amide bonds. The van der Waals surface area contributed by atoms with E-state index in [0.29, 0.717) is 35.3 Å². The van der Waals surface area contributed by atoms with Gasteiger partial charge in [0.05, 0.1) is 22.5 Å². The lowest BCUT2D eigenvalue weighted by molar-refractivity contribution is -0.131. The van der Waals surface area contributed by atoms with Gasteiger partial charge in [-0.05, 0) is 55.5 Å².